The lowest BCUT2D eigenvalue weighted by Gasteiger charge is -2.10. The van der Waals surface area contributed by atoms with Crippen LogP contribution in [0.1, 0.15) is 45.0 Å². The normalized spacial score (nSPS) is 11.8. The van der Waals surface area contributed by atoms with Gasteiger partial charge in [0.1, 0.15) is 49.4 Å². The predicted octanol–water partition coefficient (Wildman–Crippen LogP) is 22.3. The monoisotopic (exact) mass is 1240 g/mol. The maximum atomic E-state index is 6.48. The van der Waals surface area contributed by atoms with Gasteiger partial charge in [0.25, 0.3) is 0 Å². The summed E-state index contributed by atoms with van der Waals surface area (Å²) in [6.07, 6.45) is 8.52. The van der Waals surface area contributed by atoms with Gasteiger partial charge >= 0.3 is 0 Å². The Morgan fingerprint density at radius 2 is 0.438 bits per heavy atom. The second-order valence-electron chi connectivity index (χ2n) is 24.5. The van der Waals surface area contributed by atoms with E-state index in [1.807, 2.05) is 0 Å². The minimum absolute atomic E-state index is 0.437. The summed E-state index contributed by atoms with van der Waals surface area (Å²) in [5.74, 6) is 3.07. The highest BCUT2D eigenvalue weighted by atomic mass is 16.5. The summed E-state index contributed by atoms with van der Waals surface area (Å²) >= 11 is 0. The fraction of sp³-hybridized carbons (Fsp3) is 0.0455. The molecule has 0 unspecified atom stereocenters. The van der Waals surface area contributed by atoms with Crippen molar-refractivity contribution in [1.29, 1.82) is 0 Å². The SMILES string of the molecule is C1=Cc2nc1c(-c1ccc(OCc3ccc4ccccc4c3)cc1)c1ccc([nH]1)c(-c1ccc(OCc3ccc4ccccc4c3)cc1)c1nc(c(-c3ccc(OCc4ccc5ccccc5c4)cc3)c3ccc([nH]3)c2-c2ccc(OCc3ccc4ccccc4c3)cc2)C=C1. The molecule has 8 bridgehead atoms. The van der Waals surface area contributed by atoms with Crippen LogP contribution in [0.25, 0.3) is 134 Å². The van der Waals surface area contributed by atoms with Crippen molar-refractivity contribution >= 4 is 89.5 Å². The lowest BCUT2D eigenvalue weighted by Crippen LogP contribution is -1.96. The van der Waals surface area contributed by atoms with E-state index in [1.54, 1.807) is 0 Å². The van der Waals surface area contributed by atoms with E-state index in [0.29, 0.717) is 26.4 Å². The van der Waals surface area contributed by atoms with Gasteiger partial charge in [-0.15, -0.1) is 0 Å². The summed E-state index contributed by atoms with van der Waals surface area (Å²) in [6.45, 7) is 1.75. The van der Waals surface area contributed by atoms with Crippen LogP contribution in [-0.4, -0.2) is 19.9 Å². The molecule has 0 spiro atoms. The van der Waals surface area contributed by atoms with Gasteiger partial charge in [-0.25, -0.2) is 9.97 Å². The number of H-pyrrole nitrogens is 2. The molecule has 0 radical (unpaired) electrons. The summed E-state index contributed by atoms with van der Waals surface area (Å²) in [5.41, 5.74) is 18.7. The maximum Gasteiger partial charge on any atom is 0.119 e. The summed E-state index contributed by atoms with van der Waals surface area (Å²) < 4.78 is 25.9. The van der Waals surface area contributed by atoms with Crippen LogP contribution in [0, 0.1) is 0 Å². The Hall–Kier alpha value is -12.5. The zero-order valence-electron chi connectivity index (χ0n) is 52.4. The average molecular weight is 1240 g/mol. The highest BCUT2D eigenvalue weighted by molar-refractivity contribution is 6.00. The van der Waals surface area contributed by atoms with Crippen LogP contribution in [-0.2, 0) is 26.4 Å². The first-order valence-electron chi connectivity index (χ1n) is 32.5. The molecule has 2 N–H and O–H groups in total. The Kier molecular flexibility index (Phi) is 15.0. The second-order valence-corrected chi connectivity index (χ2v) is 24.5. The molecule has 0 fully saturated rings. The molecule has 8 nitrogen and oxygen atoms in total. The first-order chi connectivity index (χ1) is 47.5. The summed E-state index contributed by atoms with van der Waals surface area (Å²) in [5, 5.41) is 9.56. The van der Waals surface area contributed by atoms with E-state index in [0.717, 1.165) is 135 Å². The van der Waals surface area contributed by atoms with Crippen LogP contribution in [0.3, 0.4) is 0 Å². The Balaban J connectivity index is 0.799. The van der Waals surface area contributed by atoms with Gasteiger partial charge in [0.05, 0.1) is 22.8 Å². The quantitative estimate of drug-likeness (QED) is 0.100. The molecule has 0 saturated carbocycles. The Labute approximate surface area is 555 Å². The highest BCUT2D eigenvalue weighted by Crippen LogP contribution is 2.40. The molecular weight excluding hydrogens is 1180 g/mol. The van der Waals surface area contributed by atoms with Gasteiger partial charge in [0.2, 0.25) is 0 Å². The van der Waals surface area contributed by atoms with E-state index in [9.17, 15) is 0 Å². The topological polar surface area (TPSA) is 94.3 Å². The molecular formula is C88H62N4O4. The minimum atomic E-state index is 0.437. The minimum Gasteiger partial charge on any atom is -0.489 e. The zero-order chi connectivity index (χ0) is 63.7. The third-order valence-electron chi connectivity index (χ3n) is 18.2. The van der Waals surface area contributed by atoms with Crippen LogP contribution in [0.2, 0.25) is 0 Å². The molecule has 96 heavy (non-hydrogen) atoms. The molecule has 8 heteroatoms. The smallest absolute Gasteiger partial charge is 0.119 e. The van der Waals surface area contributed by atoms with E-state index in [2.05, 4.69) is 325 Å². The van der Waals surface area contributed by atoms with Crippen molar-refractivity contribution in [2.24, 2.45) is 0 Å². The largest absolute Gasteiger partial charge is 0.489 e. The fourth-order valence-electron chi connectivity index (χ4n) is 13.3. The number of nitrogens with zero attached hydrogens (tertiary/aromatic N) is 2. The number of hydrogen-bond donors (Lipinski definition) is 2. The maximum absolute atomic E-state index is 6.48. The van der Waals surface area contributed by atoms with Gasteiger partial charge in [0.15, 0.2) is 0 Å². The zero-order valence-corrected chi connectivity index (χ0v) is 52.4. The number of rotatable bonds is 16. The molecule has 2 aliphatic rings. The Bertz CT molecular complexity index is 5010. The molecule has 0 amide bonds. The van der Waals surface area contributed by atoms with Gasteiger partial charge < -0.3 is 28.9 Å². The van der Waals surface area contributed by atoms with Crippen molar-refractivity contribution in [1.82, 2.24) is 19.9 Å². The molecule has 0 saturated heterocycles. The van der Waals surface area contributed by atoms with Crippen LogP contribution in [0.5, 0.6) is 23.0 Å². The third kappa shape index (κ3) is 11.8. The van der Waals surface area contributed by atoms with Crippen molar-refractivity contribution in [2.75, 3.05) is 0 Å². The van der Waals surface area contributed by atoms with Crippen molar-refractivity contribution < 1.29 is 18.9 Å². The average Bonchev–Trinajstić information content (AvgIpc) is 1.67. The van der Waals surface area contributed by atoms with Crippen molar-refractivity contribution in [3.63, 3.8) is 0 Å². The van der Waals surface area contributed by atoms with Crippen LogP contribution < -0.4 is 18.9 Å². The number of fused-ring (bicyclic) bond motifs is 12. The Morgan fingerprint density at radius 1 is 0.219 bits per heavy atom. The van der Waals surface area contributed by atoms with Crippen LogP contribution in [0.4, 0.5) is 0 Å². The molecule has 12 aromatic carbocycles. The molecule has 15 aromatic rings. The Morgan fingerprint density at radius 3 is 0.667 bits per heavy atom. The molecule has 5 heterocycles. The second kappa shape index (κ2) is 25.2. The van der Waals surface area contributed by atoms with E-state index in [1.165, 1.54) is 43.1 Å². The molecule has 458 valence electrons. The number of ether oxygens (including phenoxy) is 4. The van der Waals surface area contributed by atoms with E-state index < -0.39 is 0 Å². The van der Waals surface area contributed by atoms with Gasteiger partial charge in [-0.3, -0.25) is 0 Å². The van der Waals surface area contributed by atoms with Crippen LogP contribution >= 0.6 is 0 Å². The number of aromatic nitrogens is 4. The van der Waals surface area contributed by atoms with E-state index in [4.69, 9.17) is 28.9 Å². The van der Waals surface area contributed by atoms with Crippen molar-refractivity contribution in [2.45, 2.75) is 26.4 Å². The van der Waals surface area contributed by atoms with Gasteiger partial charge in [0, 0.05) is 44.3 Å². The van der Waals surface area contributed by atoms with E-state index in [-0.39, 0.29) is 0 Å². The van der Waals surface area contributed by atoms with E-state index >= 15 is 0 Å². The van der Waals surface area contributed by atoms with Crippen LogP contribution in [0.15, 0.2) is 291 Å². The molecule has 0 atom stereocenters. The molecule has 0 aliphatic carbocycles. The highest BCUT2D eigenvalue weighted by Gasteiger charge is 2.20. The number of aromatic amines is 2. The predicted molar refractivity (Wildman–Crippen MR) is 394 cm³/mol. The standard InChI is InChI=1S/C88H62N4O4/c1-5-13-69-49-57(17-21-61(69)9-1)53-93-73-33-25-65(26-34-73)85-77-41-43-79(89-77)86(66-27-35-74(36-28-66)94-54-58-18-22-62-10-2-6-14-70(62)50-58)81-45-47-83(91-81)88(68-31-39-76(40-32-68)96-56-60-20-24-64-12-4-8-16-72(64)52-60)84-48-46-82(92-84)87(80-44-42-78(85)90-80)67-29-37-75(38-30-67)95-55-59-19-23-63-11-3-7-15-71(63)51-59/h1-52,89,92H,53-56H2. The number of hydrogen-bond acceptors (Lipinski definition) is 6. The fourth-order valence-corrected chi connectivity index (χ4v) is 13.3. The van der Waals surface area contributed by atoms with Gasteiger partial charge in [-0.1, -0.05) is 194 Å². The summed E-state index contributed by atoms with van der Waals surface area (Å²) in [7, 11) is 0. The van der Waals surface area contributed by atoms with Crippen molar-refractivity contribution in [3.8, 4) is 67.5 Å². The molecule has 3 aromatic heterocycles. The molecule has 2 aliphatic heterocycles. The first kappa shape index (κ1) is 57.4. The summed E-state index contributed by atoms with van der Waals surface area (Å²) in [6, 6.07) is 102. The van der Waals surface area contributed by atoms with Gasteiger partial charge in [-0.05, 0) is 209 Å². The van der Waals surface area contributed by atoms with Gasteiger partial charge in [-0.2, -0.15) is 0 Å². The lowest BCUT2D eigenvalue weighted by molar-refractivity contribution is 0.306. The lowest BCUT2D eigenvalue weighted by atomic mass is 10.0. The molecule has 17 rings (SSSR count). The third-order valence-corrected chi connectivity index (χ3v) is 18.2. The summed E-state index contributed by atoms with van der Waals surface area (Å²) in [4.78, 5) is 19.1. The first-order valence-corrected chi connectivity index (χ1v) is 32.5. The number of nitrogens with one attached hydrogen (secondary N) is 2. The van der Waals surface area contributed by atoms with Crippen molar-refractivity contribution in [3.05, 3.63) is 336 Å². The number of benzene rings is 12.